The third kappa shape index (κ3) is 4.73. The summed E-state index contributed by atoms with van der Waals surface area (Å²) in [6, 6.07) is 15.0. The zero-order valence-corrected chi connectivity index (χ0v) is 21.2. The second-order valence-corrected chi connectivity index (χ2v) is 8.22. The molecule has 0 saturated heterocycles. The topological polar surface area (TPSA) is 79.2 Å². The lowest BCUT2D eigenvalue weighted by molar-refractivity contribution is -0.111. The summed E-state index contributed by atoms with van der Waals surface area (Å²) in [5.74, 6) is 2.24. The van der Waals surface area contributed by atoms with Gasteiger partial charge in [-0.1, -0.05) is 12.1 Å². The first-order chi connectivity index (χ1) is 17.4. The Morgan fingerprint density at radius 2 is 1.67 bits per heavy atom. The smallest absolute Gasteiger partial charge is 0.248 e. The normalized spacial score (nSPS) is 11.3. The number of hydrogen-bond donors (Lipinski definition) is 1. The number of allylic oxidation sites excluding steroid dienone is 1. The van der Waals surface area contributed by atoms with Crippen LogP contribution < -0.4 is 24.3 Å². The van der Waals surface area contributed by atoms with Crippen molar-refractivity contribution in [2.45, 2.75) is 13.8 Å². The third-order valence-corrected chi connectivity index (χ3v) is 6.07. The molecule has 0 saturated carbocycles. The quantitative estimate of drug-likeness (QED) is 0.286. The van der Waals surface area contributed by atoms with Gasteiger partial charge < -0.3 is 28.7 Å². The van der Waals surface area contributed by atoms with Crippen molar-refractivity contribution < 1.29 is 28.2 Å². The Balaban J connectivity index is 1.75. The number of fused-ring (bicyclic) bond motifs is 1. The third-order valence-electron chi connectivity index (χ3n) is 6.07. The van der Waals surface area contributed by atoms with Crippen molar-refractivity contribution >= 4 is 28.1 Å². The van der Waals surface area contributed by atoms with Gasteiger partial charge in [0.15, 0.2) is 0 Å². The van der Waals surface area contributed by atoms with Crippen LogP contribution in [0.4, 0.5) is 5.69 Å². The van der Waals surface area contributed by atoms with E-state index in [1.165, 1.54) is 6.08 Å². The zero-order chi connectivity index (χ0) is 25.8. The standard InChI is InChI=1S/C29H29NO6/c1-17(12-27(31)30-25-14-21(33-4)10-11-26(25)34-5)22-15-23-24(19-8-7-9-20(13-19)32-3)16-36-29(23)18(2)28(22)35-6/h7-16H,1-6H3,(H,30,31)/b17-12+. The summed E-state index contributed by atoms with van der Waals surface area (Å²) < 4.78 is 27.7. The lowest BCUT2D eigenvalue weighted by Gasteiger charge is -2.14. The molecule has 1 heterocycles. The number of carbonyl (C=O) groups excluding carboxylic acids is 1. The van der Waals surface area contributed by atoms with Gasteiger partial charge in [0.2, 0.25) is 5.91 Å². The van der Waals surface area contributed by atoms with Crippen molar-refractivity contribution in [3.05, 3.63) is 72.0 Å². The van der Waals surface area contributed by atoms with Crippen molar-refractivity contribution in [1.82, 2.24) is 0 Å². The number of amides is 1. The molecule has 0 aliphatic rings. The van der Waals surface area contributed by atoms with Crippen molar-refractivity contribution in [3.63, 3.8) is 0 Å². The predicted molar refractivity (Wildman–Crippen MR) is 141 cm³/mol. The molecular formula is C29H29NO6. The number of anilines is 1. The summed E-state index contributed by atoms with van der Waals surface area (Å²) in [5, 5.41) is 3.79. The highest BCUT2D eigenvalue weighted by atomic mass is 16.5. The number of aryl methyl sites for hydroxylation is 1. The molecule has 0 bridgehead atoms. The molecule has 0 fully saturated rings. The molecule has 1 amide bonds. The minimum absolute atomic E-state index is 0.306. The van der Waals surface area contributed by atoms with Crippen LogP contribution in [0.1, 0.15) is 18.1 Å². The van der Waals surface area contributed by atoms with Crippen LogP contribution in [0.25, 0.3) is 27.7 Å². The maximum Gasteiger partial charge on any atom is 0.248 e. The molecule has 1 aromatic heterocycles. The molecule has 0 aliphatic carbocycles. The van der Waals surface area contributed by atoms with E-state index in [2.05, 4.69) is 5.32 Å². The first-order valence-corrected chi connectivity index (χ1v) is 11.3. The molecule has 1 N–H and O–H groups in total. The average molecular weight is 488 g/mol. The van der Waals surface area contributed by atoms with Crippen molar-refractivity contribution in [3.8, 4) is 34.1 Å². The largest absolute Gasteiger partial charge is 0.497 e. The van der Waals surface area contributed by atoms with Crippen LogP contribution in [-0.2, 0) is 4.79 Å². The Hall–Kier alpha value is -4.39. The first kappa shape index (κ1) is 24.7. The van der Waals surface area contributed by atoms with Gasteiger partial charge in [-0.3, -0.25) is 4.79 Å². The van der Waals surface area contributed by atoms with E-state index in [1.807, 2.05) is 44.2 Å². The second-order valence-electron chi connectivity index (χ2n) is 8.22. The minimum Gasteiger partial charge on any atom is -0.497 e. The van der Waals surface area contributed by atoms with Crippen LogP contribution in [0.3, 0.4) is 0 Å². The number of carbonyl (C=O) groups is 1. The SMILES string of the molecule is COc1cccc(-c2coc3c(C)c(OC)c(/C(C)=C/C(=O)Nc4cc(OC)ccc4OC)cc23)c1. The molecule has 0 radical (unpaired) electrons. The number of benzene rings is 3. The van der Waals surface area contributed by atoms with Crippen LogP contribution in [0.15, 0.2) is 65.3 Å². The predicted octanol–water partition coefficient (Wildman–Crippen LogP) is 6.48. The average Bonchev–Trinajstić information content (AvgIpc) is 3.33. The Bertz CT molecular complexity index is 1450. The van der Waals surface area contributed by atoms with Crippen LogP contribution in [-0.4, -0.2) is 34.3 Å². The minimum atomic E-state index is -0.306. The number of methoxy groups -OCH3 is 4. The molecule has 36 heavy (non-hydrogen) atoms. The maximum absolute atomic E-state index is 13.0. The van der Waals surface area contributed by atoms with E-state index < -0.39 is 0 Å². The van der Waals surface area contributed by atoms with Gasteiger partial charge in [0.25, 0.3) is 0 Å². The molecule has 4 rings (SSSR count). The van der Waals surface area contributed by atoms with E-state index in [4.69, 9.17) is 23.4 Å². The van der Waals surface area contributed by atoms with E-state index in [-0.39, 0.29) is 5.91 Å². The Labute approximate surface area is 210 Å². The molecule has 7 nitrogen and oxygen atoms in total. The van der Waals surface area contributed by atoms with Crippen LogP contribution in [0, 0.1) is 6.92 Å². The van der Waals surface area contributed by atoms with E-state index in [0.717, 1.165) is 44.5 Å². The fourth-order valence-corrected chi connectivity index (χ4v) is 4.24. The zero-order valence-electron chi connectivity index (χ0n) is 21.2. The van der Waals surface area contributed by atoms with Crippen molar-refractivity contribution in [2.75, 3.05) is 33.8 Å². The number of rotatable bonds is 8. The van der Waals surface area contributed by atoms with Crippen molar-refractivity contribution in [1.29, 1.82) is 0 Å². The molecule has 3 aromatic carbocycles. The molecule has 4 aromatic rings. The van der Waals surface area contributed by atoms with Gasteiger partial charge in [-0.15, -0.1) is 0 Å². The highest BCUT2D eigenvalue weighted by molar-refractivity contribution is 6.06. The van der Waals surface area contributed by atoms with E-state index in [0.29, 0.717) is 22.9 Å². The fraction of sp³-hybridized carbons (Fsp3) is 0.207. The Morgan fingerprint density at radius 3 is 2.36 bits per heavy atom. The van der Waals surface area contributed by atoms with E-state index in [1.54, 1.807) is 52.9 Å². The van der Waals surface area contributed by atoms with Gasteiger partial charge in [-0.2, -0.15) is 0 Å². The highest BCUT2D eigenvalue weighted by Crippen LogP contribution is 2.41. The summed E-state index contributed by atoms with van der Waals surface area (Å²) in [6.07, 6.45) is 3.27. The van der Waals surface area contributed by atoms with Crippen molar-refractivity contribution in [2.24, 2.45) is 0 Å². The number of furan rings is 1. The summed E-state index contributed by atoms with van der Waals surface area (Å²) in [6.45, 7) is 3.81. The van der Waals surface area contributed by atoms with E-state index in [9.17, 15) is 4.79 Å². The van der Waals surface area contributed by atoms with Gasteiger partial charge in [-0.25, -0.2) is 0 Å². The fourth-order valence-electron chi connectivity index (χ4n) is 4.24. The molecule has 0 aliphatic heterocycles. The van der Waals surface area contributed by atoms with E-state index >= 15 is 0 Å². The molecular weight excluding hydrogens is 458 g/mol. The van der Waals surface area contributed by atoms with Gasteiger partial charge in [0.05, 0.1) is 40.4 Å². The number of nitrogens with one attached hydrogen (secondary N) is 1. The molecule has 0 atom stereocenters. The number of hydrogen-bond acceptors (Lipinski definition) is 6. The van der Waals surface area contributed by atoms with Gasteiger partial charge in [-0.05, 0) is 55.3 Å². The second kappa shape index (κ2) is 10.5. The lowest BCUT2D eigenvalue weighted by atomic mass is 9.96. The Kier molecular flexibility index (Phi) is 7.20. The number of ether oxygens (including phenoxy) is 4. The van der Waals surface area contributed by atoms with Gasteiger partial charge in [0.1, 0.15) is 28.6 Å². The maximum atomic E-state index is 13.0. The summed E-state index contributed by atoms with van der Waals surface area (Å²) in [5.41, 5.74) is 5.50. The highest BCUT2D eigenvalue weighted by Gasteiger charge is 2.19. The van der Waals surface area contributed by atoms with Crippen LogP contribution in [0.5, 0.6) is 23.0 Å². The van der Waals surface area contributed by atoms with Gasteiger partial charge in [0, 0.05) is 34.2 Å². The first-order valence-electron chi connectivity index (χ1n) is 11.3. The lowest BCUT2D eigenvalue weighted by Crippen LogP contribution is -2.10. The Morgan fingerprint density at radius 1 is 0.917 bits per heavy atom. The summed E-state index contributed by atoms with van der Waals surface area (Å²) >= 11 is 0. The molecule has 7 heteroatoms. The monoisotopic (exact) mass is 487 g/mol. The van der Waals surface area contributed by atoms with Crippen LogP contribution in [0.2, 0.25) is 0 Å². The molecule has 186 valence electrons. The van der Waals surface area contributed by atoms with Crippen LogP contribution >= 0.6 is 0 Å². The molecule has 0 spiro atoms. The van der Waals surface area contributed by atoms with Gasteiger partial charge >= 0.3 is 0 Å². The summed E-state index contributed by atoms with van der Waals surface area (Å²) in [4.78, 5) is 13.0. The molecule has 0 unspecified atom stereocenters. The summed E-state index contributed by atoms with van der Waals surface area (Å²) in [7, 11) is 6.36.